The SMILES string of the molecule is CO[C@@]1(C)C[C@H](C)OC(O)C1C. The summed E-state index contributed by atoms with van der Waals surface area (Å²) in [6.45, 7) is 5.91. The van der Waals surface area contributed by atoms with E-state index in [1.807, 2.05) is 20.8 Å². The van der Waals surface area contributed by atoms with Crippen LogP contribution in [-0.2, 0) is 9.47 Å². The van der Waals surface area contributed by atoms with E-state index < -0.39 is 6.29 Å². The van der Waals surface area contributed by atoms with Crippen molar-refractivity contribution in [2.24, 2.45) is 5.92 Å². The Balaban J connectivity index is 2.72. The zero-order chi connectivity index (χ0) is 9.35. The zero-order valence-corrected chi connectivity index (χ0v) is 8.20. The maximum atomic E-state index is 9.51. The van der Waals surface area contributed by atoms with Crippen LogP contribution in [-0.4, -0.2) is 30.2 Å². The van der Waals surface area contributed by atoms with Gasteiger partial charge < -0.3 is 14.6 Å². The molecule has 3 nitrogen and oxygen atoms in total. The molecular formula is C9H18O3. The van der Waals surface area contributed by atoms with Gasteiger partial charge in [-0.15, -0.1) is 0 Å². The van der Waals surface area contributed by atoms with Gasteiger partial charge in [0.25, 0.3) is 0 Å². The quantitative estimate of drug-likeness (QED) is 0.648. The summed E-state index contributed by atoms with van der Waals surface area (Å²) in [7, 11) is 1.68. The minimum absolute atomic E-state index is 0.0266. The molecule has 0 aromatic carbocycles. The van der Waals surface area contributed by atoms with E-state index in [0.717, 1.165) is 6.42 Å². The molecule has 12 heavy (non-hydrogen) atoms. The third-order valence-corrected chi connectivity index (χ3v) is 2.92. The number of hydrogen-bond donors (Lipinski definition) is 1. The second kappa shape index (κ2) is 3.32. The Hall–Kier alpha value is -0.120. The van der Waals surface area contributed by atoms with Gasteiger partial charge in [0, 0.05) is 19.4 Å². The second-order valence-corrected chi connectivity index (χ2v) is 3.85. The summed E-state index contributed by atoms with van der Waals surface area (Å²) in [6.07, 6.45) is 0.210. The smallest absolute Gasteiger partial charge is 0.160 e. The average molecular weight is 174 g/mol. The van der Waals surface area contributed by atoms with E-state index in [9.17, 15) is 5.11 Å². The Labute approximate surface area is 73.7 Å². The monoisotopic (exact) mass is 174 g/mol. The predicted octanol–water partition coefficient (Wildman–Crippen LogP) is 1.15. The van der Waals surface area contributed by atoms with Crippen molar-refractivity contribution in [1.82, 2.24) is 0 Å². The number of rotatable bonds is 1. The summed E-state index contributed by atoms with van der Waals surface area (Å²) in [6, 6.07) is 0. The Kier molecular flexibility index (Phi) is 2.76. The van der Waals surface area contributed by atoms with Gasteiger partial charge in [-0.3, -0.25) is 0 Å². The van der Waals surface area contributed by atoms with Crippen LogP contribution in [0.15, 0.2) is 0 Å². The number of aliphatic hydroxyl groups is 1. The Morgan fingerprint density at radius 1 is 1.50 bits per heavy atom. The molecule has 0 spiro atoms. The van der Waals surface area contributed by atoms with Gasteiger partial charge in [0.1, 0.15) is 0 Å². The highest BCUT2D eigenvalue weighted by molar-refractivity contribution is 4.88. The molecule has 72 valence electrons. The first kappa shape index (κ1) is 9.96. The lowest BCUT2D eigenvalue weighted by molar-refractivity contribution is -0.250. The van der Waals surface area contributed by atoms with Crippen LogP contribution < -0.4 is 0 Å². The summed E-state index contributed by atoms with van der Waals surface area (Å²) in [5.41, 5.74) is -0.253. The molecule has 0 aliphatic carbocycles. The van der Waals surface area contributed by atoms with E-state index in [2.05, 4.69) is 0 Å². The minimum Gasteiger partial charge on any atom is -0.378 e. The lowest BCUT2D eigenvalue weighted by Crippen LogP contribution is -2.50. The van der Waals surface area contributed by atoms with E-state index >= 15 is 0 Å². The summed E-state index contributed by atoms with van der Waals surface area (Å²) in [5, 5.41) is 9.51. The number of ether oxygens (including phenoxy) is 2. The van der Waals surface area contributed by atoms with Gasteiger partial charge in [0.2, 0.25) is 0 Å². The number of hydrogen-bond acceptors (Lipinski definition) is 3. The van der Waals surface area contributed by atoms with Gasteiger partial charge in [-0.25, -0.2) is 0 Å². The molecule has 2 unspecified atom stereocenters. The van der Waals surface area contributed by atoms with Crippen molar-refractivity contribution in [1.29, 1.82) is 0 Å². The highest BCUT2D eigenvalue weighted by Crippen LogP contribution is 2.35. The van der Waals surface area contributed by atoms with Crippen LogP contribution in [0.2, 0.25) is 0 Å². The van der Waals surface area contributed by atoms with Gasteiger partial charge in [0.05, 0.1) is 11.7 Å². The van der Waals surface area contributed by atoms with Crippen LogP contribution >= 0.6 is 0 Å². The van der Waals surface area contributed by atoms with Crippen LogP contribution in [0, 0.1) is 5.92 Å². The Morgan fingerprint density at radius 2 is 2.08 bits per heavy atom. The fourth-order valence-electron chi connectivity index (χ4n) is 1.73. The molecule has 3 heteroatoms. The maximum absolute atomic E-state index is 9.51. The molecule has 1 rings (SSSR count). The molecule has 0 amide bonds. The van der Waals surface area contributed by atoms with E-state index in [1.165, 1.54) is 0 Å². The topological polar surface area (TPSA) is 38.7 Å². The number of aliphatic hydroxyl groups excluding tert-OH is 1. The molecule has 1 fully saturated rings. The number of methoxy groups -OCH3 is 1. The van der Waals surface area contributed by atoms with Gasteiger partial charge in [-0.2, -0.15) is 0 Å². The van der Waals surface area contributed by atoms with Crippen molar-refractivity contribution in [2.75, 3.05) is 7.11 Å². The fraction of sp³-hybridized carbons (Fsp3) is 1.00. The zero-order valence-electron chi connectivity index (χ0n) is 8.20. The predicted molar refractivity (Wildman–Crippen MR) is 45.7 cm³/mol. The first-order chi connectivity index (χ1) is 5.49. The van der Waals surface area contributed by atoms with Gasteiger partial charge in [-0.1, -0.05) is 6.92 Å². The summed E-state index contributed by atoms with van der Waals surface area (Å²) >= 11 is 0. The molecule has 4 atom stereocenters. The summed E-state index contributed by atoms with van der Waals surface area (Å²) < 4.78 is 10.7. The second-order valence-electron chi connectivity index (χ2n) is 3.85. The molecule has 1 saturated heterocycles. The molecule has 0 radical (unpaired) electrons. The maximum Gasteiger partial charge on any atom is 0.160 e. The van der Waals surface area contributed by atoms with Crippen LogP contribution in [0.4, 0.5) is 0 Å². The van der Waals surface area contributed by atoms with Crippen LogP contribution in [0.3, 0.4) is 0 Å². The highest BCUT2D eigenvalue weighted by atomic mass is 16.6. The molecule has 1 heterocycles. The van der Waals surface area contributed by atoms with Crippen LogP contribution in [0.1, 0.15) is 27.2 Å². The fourth-order valence-corrected chi connectivity index (χ4v) is 1.73. The van der Waals surface area contributed by atoms with Crippen molar-refractivity contribution in [3.05, 3.63) is 0 Å². The molecule has 0 aromatic heterocycles. The third-order valence-electron chi connectivity index (χ3n) is 2.92. The minimum atomic E-state index is -0.696. The highest BCUT2D eigenvalue weighted by Gasteiger charge is 2.42. The lowest BCUT2D eigenvalue weighted by atomic mass is 9.83. The van der Waals surface area contributed by atoms with Crippen LogP contribution in [0.5, 0.6) is 0 Å². The van der Waals surface area contributed by atoms with Gasteiger partial charge >= 0.3 is 0 Å². The van der Waals surface area contributed by atoms with Crippen molar-refractivity contribution < 1.29 is 14.6 Å². The van der Waals surface area contributed by atoms with Gasteiger partial charge in [0.15, 0.2) is 6.29 Å². The standard InChI is InChI=1S/C9H18O3/c1-6-5-9(3,11-4)7(2)8(10)12-6/h6-8,10H,5H2,1-4H3/t6-,7?,8?,9-/m0/s1. The van der Waals surface area contributed by atoms with Crippen LogP contribution in [0.25, 0.3) is 0 Å². The first-order valence-electron chi connectivity index (χ1n) is 4.38. The molecule has 0 saturated carbocycles. The normalized spacial score (nSPS) is 49.2. The first-order valence-corrected chi connectivity index (χ1v) is 4.38. The average Bonchev–Trinajstić information content (AvgIpc) is 2.00. The van der Waals surface area contributed by atoms with E-state index in [0.29, 0.717) is 0 Å². The largest absolute Gasteiger partial charge is 0.378 e. The molecular weight excluding hydrogens is 156 g/mol. The Morgan fingerprint density at radius 3 is 2.58 bits per heavy atom. The molecule has 1 N–H and O–H groups in total. The third kappa shape index (κ3) is 1.63. The van der Waals surface area contributed by atoms with Crippen molar-refractivity contribution in [2.45, 2.75) is 45.2 Å². The van der Waals surface area contributed by atoms with Gasteiger partial charge in [-0.05, 0) is 13.8 Å². The molecule has 1 aliphatic rings. The van der Waals surface area contributed by atoms with Crippen molar-refractivity contribution in [3.63, 3.8) is 0 Å². The Bertz CT molecular complexity index is 160. The molecule has 0 aromatic rings. The van der Waals surface area contributed by atoms with Crippen molar-refractivity contribution >= 4 is 0 Å². The molecule has 1 aliphatic heterocycles. The summed E-state index contributed by atoms with van der Waals surface area (Å²) in [4.78, 5) is 0. The van der Waals surface area contributed by atoms with E-state index in [4.69, 9.17) is 9.47 Å². The van der Waals surface area contributed by atoms with Crippen molar-refractivity contribution in [3.8, 4) is 0 Å². The van der Waals surface area contributed by atoms with E-state index in [-0.39, 0.29) is 17.6 Å². The lowest BCUT2D eigenvalue weighted by Gasteiger charge is -2.43. The molecule has 0 bridgehead atoms. The summed E-state index contributed by atoms with van der Waals surface area (Å²) in [5.74, 6) is 0.0266. The van der Waals surface area contributed by atoms with E-state index in [1.54, 1.807) is 7.11 Å².